The van der Waals surface area contributed by atoms with Crippen molar-refractivity contribution < 1.29 is 4.79 Å². The first-order valence-corrected chi connectivity index (χ1v) is 6.78. The normalized spacial score (nSPS) is 14.2. The van der Waals surface area contributed by atoms with Crippen LogP contribution in [-0.4, -0.2) is 27.4 Å². The molecule has 2 aromatic rings. The lowest BCUT2D eigenvalue weighted by Gasteiger charge is -2.17. The van der Waals surface area contributed by atoms with Crippen molar-refractivity contribution in [1.29, 1.82) is 0 Å². The van der Waals surface area contributed by atoms with Gasteiger partial charge in [0.25, 0.3) is 5.91 Å². The van der Waals surface area contributed by atoms with E-state index in [4.69, 9.17) is 5.73 Å². The van der Waals surface area contributed by atoms with Gasteiger partial charge in [-0.15, -0.1) is 0 Å². The molecule has 5 nitrogen and oxygen atoms in total. The molecule has 0 atom stereocenters. The molecule has 5 heteroatoms. The number of amides is 1. The lowest BCUT2D eigenvalue weighted by molar-refractivity contribution is 0.0772. The maximum Gasteiger partial charge on any atom is 0.270 e. The Hall–Kier alpha value is -2.30. The Morgan fingerprint density at radius 2 is 2.30 bits per heavy atom. The van der Waals surface area contributed by atoms with Crippen LogP contribution >= 0.6 is 0 Å². The number of nitrogens with two attached hydrogens (primary N) is 1. The number of hydrogen-bond donors (Lipinski definition) is 1. The Kier molecular flexibility index (Phi) is 3.18. The fourth-order valence-corrected chi connectivity index (χ4v) is 2.33. The van der Waals surface area contributed by atoms with Gasteiger partial charge in [-0.1, -0.05) is 6.07 Å². The van der Waals surface area contributed by atoms with Gasteiger partial charge < -0.3 is 15.2 Å². The molecule has 0 aliphatic heterocycles. The highest BCUT2D eigenvalue weighted by molar-refractivity contribution is 5.93. The molecular formula is C15H18N4O. The summed E-state index contributed by atoms with van der Waals surface area (Å²) < 4.78 is 2.01. The third-order valence-corrected chi connectivity index (χ3v) is 3.50. The Labute approximate surface area is 118 Å². The van der Waals surface area contributed by atoms with E-state index in [1.807, 2.05) is 29.0 Å². The summed E-state index contributed by atoms with van der Waals surface area (Å²) in [6.07, 6.45) is 5.84. The van der Waals surface area contributed by atoms with Gasteiger partial charge in [-0.3, -0.25) is 9.78 Å². The fraction of sp³-hybridized carbons (Fsp3) is 0.333. The van der Waals surface area contributed by atoms with Crippen LogP contribution < -0.4 is 5.73 Å². The van der Waals surface area contributed by atoms with Crippen molar-refractivity contribution in [3.8, 4) is 0 Å². The van der Waals surface area contributed by atoms with Gasteiger partial charge in [0.15, 0.2) is 0 Å². The van der Waals surface area contributed by atoms with E-state index >= 15 is 0 Å². The first-order valence-electron chi connectivity index (χ1n) is 6.78. The molecule has 104 valence electrons. The van der Waals surface area contributed by atoms with Gasteiger partial charge in [-0.25, -0.2) is 0 Å². The van der Waals surface area contributed by atoms with Crippen LogP contribution in [0.1, 0.15) is 35.1 Å². The molecule has 1 saturated carbocycles. The van der Waals surface area contributed by atoms with Crippen LogP contribution in [-0.2, 0) is 6.54 Å². The largest absolute Gasteiger partial charge is 0.397 e. The molecule has 2 N–H and O–H groups in total. The SMILES string of the molecule is CN(Cc1ccccn1)C(=O)c1cc(N)cn1C1CC1. The standard InChI is InChI=1S/C15H18N4O/c1-18(10-12-4-2-3-7-17-12)15(20)14-8-11(16)9-19(14)13-5-6-13/h2-4,7-9,13H,5-6,10,16H2,1H3. The maximum absolute atomic E-state index is 12.5. The number of anilines is 1. The molecule has 2 aromatic heterocycles. The quantitative estimate of drug-likeness (QED) is 0.925. The Bertz CT molecular complexity index is 616. The number of pyridine rings is 1. The molecule has 1 fully saturated rings. The lowest BCUT2D eigenvalue weighted by atomic mass is 10.3. The van der Waals surface area contributed by atoms with E-state index < -0.39 is 0 Å². The van der Waals surface area contributed by atoms with Gasteiger partial charge in [0.05, 0.1) is 17.9 Å². The van der Waals surface area contributed by atoms with Gasteiger partial charge in [0, 0.05) is 25.5 Å². The molecule has 0 radical (unpaired) electrons. The molecule has 0 bridgehead atoms. The maximum atomic E-state index is 12.5. The Morgan fingerprint density at radius 1 is 1.50 bits per heavy atom. The minimum absolute atomic E-state index is 0.0146. The number of nitrogen functional groups attached to an aromatic ring is 1. The van der Waals surface area contributed by atoms with E-state index in [-0.39, 0.29) is 5.91 Å². The van der Waals surface area contributed by atoms with Crippen LogP contribution in [0.25, 0.3) is 0 Å². The van der Waals surface area contributed by atoms with Crippen LogP contribution in [0.2, 0.25) is 0 Å². The molecule has 0 saturated heterocycles. The number of nitrogens with zero attached hydrogens (tertiary/aromatic N) is 3. The molecular weight excluding hydrogens is 252 g/mol. The lowest BCUT2D eigenvalue weighted by Crippen LogP contribution is -2.28. The van der Waals surface area contributed by atoms with Crippen LogP contribution in [0.5, 0.6) is 0 Å². The highest BCUT2D eigenvalue weighted by atomic mass is 16.2. The zero-order valence-electron chi connectivity index (χ0n) is 11.5. The molecule has 1 aliphatic rings. The second-order valence-corrected chi connectivity index (χ2v) is 5.28. The van der Waals surface area contributed by atoms with Crippen molar-refractivity contribution >= 4 is 11.6 Å². The number of hydrogen-bond acceptors (Lipinski definition) is 3. The second-order valence-electron chi connectivity index (χ2n) is 5.28. The number of carbonyl (C=O) groups excluding carboxylic acids is 1. The third-order valence-electron chi connectivity index (χ3n) is 3.50. The molecule has 1 amide bonds. The number of rotatable bonds is 4. The van der Waals surface area contributed by atoms with E-state index in [1.165, 1.54) is 0 Å². The van der Waals surface area contributed by atoms with Gasteiger partial charge >= 0.3 is 0 Å². The minimum atomic E-state index is -0.0146. The van der Waals surface area contributed by atoms with Gasteiger partial charge in [-0.05, 0) is 31.0 Å². The number of aromatic nitrogens is 2. The van der Waals surface area contributed by atoms with E-state index in [1.54, 1.807) is 24.2 Å². The Balaban J connectivity index is 1.78. The second kappa shape index (κ2) is 5.00. The molecule has 0 unspecified atom stereocenters. The summed E-state index contributed by atoms with van der Waals surface area (Å²) in [7, 11) is 1.79. The summed E-state index contributed by atoms with van der Waals surface area (Å²) in [5.74, 6) is -0.0146. The molecule has 0 aromatic carbocycles. The Morgan fingerprint density at radius 3 is 2.95 bits per heavy atom. The van der Waals surface area contributed by atoms with Crippen molar-refractivity contribution in [2.75, 3.05) is 12.8 Å². The van der Waals surface area contributed by atoms with E-state index in [0.717, 1.165) is 18.5 Å². The van der Waals surface area contributed by atoms with E-state index in [2.05, 4.69) is 4.98 Å². The third kappa shape index (κ3) is 2.52. The van der Waals surface area contributed by atoms with E-state index in [9.17, 15) is 4.79 Å². The monoisotopic (exact) mass is 270 g/mol. The van der Waals surface area contributed by atoms with Crippen molar-refractivity contribution in [3.63, 3.8) is 0 Å². The van der Waals surface area contributed by atoms with Gasteiger partial charge in [0.2, 0.25) is 0 Å². The predicted octanol–water partition coefficient (Wildman–Crippen LogP) is 2.07. The topological polar surface area (TPSA) is 64.2 Å². The average molecular weight is 270 g/mol. The summed E-state index contributed by atoms with van der Waals surface area (Å²) in [6, 6.07) is 7.90. The molecule has 0 spiro atoms. The summed E-state index contributed by atoms with van der Waals surface area (Å²) in [5, 5.41) is 0. The first-order chi connectivity index (χ1) is 9.65. The highest BCUT2D eigenvalue weighted by Crippen LogP contribution is 2.37. The number of carbonyl (C=O) groups is 1. The average Bonchev–Trinajstić information content (AvgIpc) is 3.22. The van der Waals surface area contributed by atoms with Crippen molar-refractivity contribution in [2.24, 2.45) is 0 Å². The summed E-state index contributed by atoms with van der Waals surface area (Å²) in [4.78, 5) is 18.5. The molecule has 2 heterocycles. The smallest absolute Gasteiger partial charge is 0.270 e. The summed E-state index contributed by atoms with van der Waals surface area (Å²) >= 11 is 0. The van der Waals surface area contributed by atoms with Crippen molar-refractivity contribution in [3.05, 3.63) is 48.0 Å². The molecule has 1 aliphatic carbocycles. The van der Waals surface area contributed by atoms with Crippen LogP contribution in [0, 0.1) is 0 Å². The van der Waals surface area contributed by atoms with Crippen molar-refractivity contribution in [2.45, 2.75) is 25.4 Å². The minimum Gasteiger partial charge on any atom is -0.397 e. The van der Waals surface area contributed by atoms with Crippen LogP contribution in [0.3, 0.4) is 0 Å². The van der Waals surface area contributed by atoms with Crippen LogP contribution in [0.15, 0.2) is 36.7 Å². The zero-order valence-corrected chi connectivity index (χ0v) is 11.5. The summed E-state index contributed by atoms with van der Waals surface area (Å²) in [6.45, 7) is 0.495. The van der Waals surface area contributed by atoms with E-state index in [0.29, 0.717) is 24.0 Å². The van der Waals surface area contributed by atoms with Gasteiger partial charge in [-0.2, -0.15) is 0 Å². The molecule has 20 heavy (non-hydrogen) atoms. The highest BCUT2D eigenvalue weighted by Gasteiger charge is 2.28. The predicted molar refractivity (Wildman–Crippen MR) is 77.1 cm³/mol. The fourth-order valence-electron chi connectivity index (χ4n) is 2.33. The zero-order chi connectivity index (χ0) is 14.1. The summed E-state index contributed by atoms with van der Waals surface area (Å²) in [5.41, 5.74) is 8.02. The van der Waals surface area contributed by atoms with Crippen molar-refractivity contribution in [1.82, 2.24) is 14.5 Å². The first kappa shape index (κ1) is 12.7. The molecule has 3 rings (SSSR count). The van der Waals surface area contributed by atoms with Crippen LogP contribution in [0.4, 0.5) is 5.69 Å². The van der Waals surface area contributed by atoms with Gasteiger partial charge in [0.1, 0.15) is 5.69 Å².